The first-order valence-corrected chi connectivity index (χ1v) is 8.92. The van der Waals surface area contributed by atoms with Gasteiger partial charge >= 0.3 is 0 Å². The first kappa shape index (κ1) is 18.9. The molecule has 1 aliphatic rings. The van der Waals surface area contributed by atoms with Crippen LogP contribution in [0.1, 0.15) is 45.1 Å². The van der Waals surface area contributed by atoms with Gasteiger partial charge in [0, 0.05) is 5.02 Å². The van der Waals surface area contributed by atoms with Gasteiger partial charge in [0.05, 0.1) is 11.1 Å². The van der Waals surface area contributed by atoms with E-state index in [0.29, 0.717) is 27.8 Å². The summed E-state index contributed by atoms with van der Waals surface area (Å²) in [5, 5.41) is 13.2. The van der Waals surface area contributed by atoms with Gasteiger partial charge in [0.1, 0.15) is 11.3 Å². The molecule has 1 aromatic rings. The Morgan fingerprint density at radius 1 is 1.50 bits per heavy atom. The molecule has 0 saturated heterocycles. The molecule has 0 radical (unpaired) electrons. The highest BCUT2D eigenvalue weighted by Gasteiger charge is 2.44. The maximum Gasteiger partial charge on any atom is 0.262 e. The van der Waals surface area contributed by atoms with Crippen LogP contribution in [0.5, 0.6) is 5.75 Å². The van der Waals surface area contributed by atoms with Gasteiger partial charge < -0.3 is 10.1 Å². The number of hydrogen-bond donors (Lipinski definition) is 1. The first-order chi connectivity index (χ1) is 11.3. The summed E-state index contributed by atoms with van der Waals surface area (Å²) in [4.78, 5) is 12.7. The number of hydrogen-bond acceptors (Lipinski definition) is 3. The number of halogens is 2. The zero-order chi connectivity index (χ0) is 17.9. The molecule has 1 amide bonds. The van der Waals surface area contributed by atoms with Gasteiger partial charge in [0.2, 0.25) is 0 Å². The summed E-state index contributed by atoms with van der Waals surface area (Å²) in [6, 6.07) is 5.59. The van der Waals surface area contributed by atoms with Crippen molar-refractivity contribution in [3.63, 3.8) is 0 Å². The molecule has 2 rings (SSSR count). The van der Waals surface area contributed by atoms with Crippen molar-refractivity contribution in [1.82, 2.24) is 5.32 Å². The van der Waals surface area contributed by atoms with E-state index in [1.807, 2.05) is 6.92 Å². The third-order valence-electron chi connectivity index (χ3n) is 4.41. The molecule has 0 heterocycles. The average Bonchev–Trinajstić information content (AvgIpc) is 3.39. The molecular formula is C18H22Cl2N2O2. The van der Waals surface area contributed by atoms with Crippen LogP contribution in [0.4, 0.5) is 0 Å². The van der Waals surface area contributed by atoms with Crippen LogP contribution in [0, 0.1) is 24.2 Å². The van der Waals surface area contributed by atoms with Crippen molar-refractivity contribution < 1.29 is 9.53 Å². The minimum Gasteiger partial charge on any atom is -0.479 e. The van der Waals surface area contributed by atoms with Gasteiger partial charge in [-0.3, -0.25) is 4.79 Å². The number of rotatable bonds is 7. The van der Waals surface area contributed by atoms with Crippen LogP contribution in [0.2, 0.25) is 10.0 Å². The Balaban J connectivity index is 2.16. The van der Waals surface area contributed by atoms with Crippen molar-refractivity contribution in [1.29, 1.82) is 5.26 Å². The van der Waals surface area contributed by atoms with Crippen molar-refractivity contribution in [2.75, 3.05) is 0 Å². The summed E-state index contributed by atoms with van der Waals surface area (Å²) in [5.41, 5.74) is -0.127. The summed E-state index contributed by atoms with van der Waals surface area (Å²) in [5.74, 6) is 0.365. The van der Waals surface area contributed by atoms with Gasteiger partial charge in [0.25, 0.3) is 5.91 Å². The molecule has 4 nitrogen and oxygen atoms in total. The second-order valence-electron chi connectivity index (χ2n) is 6.46. The molecule has 1 aromatic carbocycles. The van der Waals surface area contributed by atoms with E-state index in [-0.39, 0.29) is 11.8 Å². The van der Waals surface area contributed by atoms with E-state index < -0.39 is 11.6 Å². The second kappa shape index (κ2) is 7.63. The van der Waals surface area contributed by atoms with E-state index in [1.54, 1.807) is 26.0 Å². The molecule has 0 spiro atoms. The first-order valence-electron chi connectivity index (χ1n) is 8.17. The lowest BCUT2D eigenvalue weighted by Crippen LogP contribution is -2.51. The predicted molar refractivity (Wildman–Crippen MR) is 95.4 cm³/mol. The molecule has 0 aromatic heterocycles. The van der Waals surface area contributed by atoms with Crippen molar-refractivity contribution >= 4 is 29.1 Å². The molecule has 1 saturated carbocycles. The maximum absolute atomic E-state index is 12.7. The lowest BCUT2D eigenvalue weighted by Gasteiger charge is -2.27. The second-order valence-corrected chi connectivity index (χ2v) is 7.24. The van der Waals surface area contributed by atoms with Crippen LogP contribution < -0.4 is 10.1 Å². The van der Waals surface area contributed by atoms with Crippen molar-refractivity contribution in [3.8, 4) is 11.8 Å². The normalized spacial score (nSPS) is 17.5. The molecule has 1 fully saturated rings. The Morgan fingerprint density at radius 3 is 2.71 bits per heavy atom. The molecule has 1 aliphatic carbocycles. The van der Waals surface area contributed by atoms with Gasteiger partial charge in [0.15, 0.2) is 6.10 Å². The Morgan fingerprint density at radius 2 is 2.17 bits per heavy atom. The van der Waals surface area contributed by atoms with Crippen LogP contribution in [-0.2, 0) is 4.79 Å². The zero-order valence-electron chi connectivity index (χ0n) is 14.2. The van der Waals surface area contributed by atoms with E-state index in [2.05, 4.69) is 11.4 Å². The monoisotopic (exact) mass is 368 g/mol. The van der Waals surface area contributed by atoms with E-state index in [4.69, 9.17) is 27.9 Å². The van der Waals surface area contributed by atoms with E-state index in [0.717, 1.165) is 19.3 Å². The summed E-state index contributed by atoms with van der Waals surface area (Å²) < 4.78 is 5.86. The standard InChI is InChI=1S/C18H22Cl2N2O2/c1-4-5-15(17(23)22-18(3,10-21)12-6-7-12)24-14-9-8-13(19)11(2)16(14)20/h8-9,12,15H,4-7H2,1-3H3,(H,22,23). The van der Waals surface area contributed by atoms with Crippen LogP contribution >= 0.6 is 23.2 Å². The third kappa shape index (κ3) is 4.15. The molecule has 2 unspecified atom stereocenters. The smallest absolute Gasteiger partial charge is 0.262 e. The lowest BCUT2D eigenvalue weighted by atomic mass is 9.97. The minimum absolute atomic E-state index is 0.218. The number of nitrogens with one attached hydrogen (secondary N) is 1. The molecular weight excluding hydrogens is 347 g/mol. The molecule has 0 aliphatic heterocycles. The number of nitriles is 1. The highest BCUT2D eigenvalue weighted by atomic mass is 35.5. The van der Waals surface area contributed by atoms with Gasteiger partial charge in [-0.1, -0.05) is 36.5 Å². The van der Waals surface area contributed by atoms with Crippen molar-refractivity contribution in [2.45, 2.75) is 58.1 Å². The predicted octanol–water partition coefficient (Wildman–Crippen LogP) is 4.66. The van der Waals surface area contributed by atoms with Crippen molar-refractivity contribution in [2.24, 2.45) is 5.92 Å². The maximum atomic E-state index is 12.7. The summed E-state index contributed by atoms with van der Waals surface area (Å²) >= 11 is 12.3. The number of nitrogens with zero attached hydrogens (tertiary/aromatic N) is 1. The molecule has 130 valence electrons. The highest BCUT2D eigenvalue weighted by molar-refractivity contribution is 6.36. The fourth-order valence-corrected chi connectivity index (χ4v) is 3.02. The van der Waals surface area contributed by atoms with Crippen molar-refractivity contribution in [3.05, 3.63) is 27.7 Å². The number of benzene rings is 1. The summed E-state index contributed by atoms with van der Waals surface area (Å²) in [6.07, 6.45) is 2.54. The fourth-order valence-electron chi connectivity index (χ4n) is 2.61. The summed E-state index contributed by atoms with van der Waals surface area (Å²) in [6.45, 7) is 5.54. The van der Waals surface area contributed by atoms with E-state index in [1.165, 1.54) is 0 Å². The molecule has 1 N–H and O–H groups in total. The average molecular weight is 369 g/mol. The van der Waals surface area contributed by atoms with Gasteiger partial charge in [-0.05, 0) is 56.7 Å². The van der Waals surface area contributed by atoms with E-state index >= 15 is 0 Å². The molecule has 24 heavy (non-hydrogen) atoms. The Bertz CT molecular complexity index is 668. The minimum atomic E-state index is -0.841. The van der Waals surface area contributed by atoms with Gasteiger partial charge in [-0.2, -0.15) is 5.26 Å². The number of carbonyl (C=O) groups is 1. The quantitative estimate of drug-likeness (QED) is 0.761. The van der Waals surface area contributed by atoms with Gasteiger partial charge in [-0.15, -0.1) is 0 Å². The lowest BCUT2D eigenvalue weighted by molar-refractivity contribution is -0.129. The number of amides is 1. The van der Waals surface area contributed by atoms with E-state index in [9.17, 15) is 10.1 Å². The van der Waals surface area contributed by atoms with Gasteiger partial charge in [-0.25, -0.2) is 0 Å². The molecule has 6 heteroatoms. The Kier molecular flexibility index (Phi) is 6.01. The van der Waals surface area contributed by atoms with Crippen LogP contribution in [-0.4, -0.2) is 17.6 Å². The van der Waals surface area contributed by atoms with Crippen LogP contribution in [0.3, 0.4) is 0 Å². The molecule has 0 bridgehead atoms. The highest BCUT2D eigenvalue weighted by Crippen LogP contribution is 2.39. The largest absolute Gasteiger partial charge is 0.479 e. The topological polar surface area (TPSA) is 62.1 Å². The summed E-state index contributed by atoms with van der Waals surface area (Å²) in [7, 11) is 0. The van der Waals surface area contributed by atoms with Crippen LogP contribution in [0.15, 0.2) is 12.1 Å². The van der Waals surface area contributed by atoms with Crippen LogP contribution in [0.25, 0.3) is 0 Å². The number of ether oxygens (including phenoxy) is 1. The molecule has 2 atom stereocenters. The zero-order valence-corrected chi connectivity index (χ0v) is 15.7. The number of carbonyl (C=O) groups excluding carboxylic acids is 1. The Hall–Kier alpha value is -1.44. The third-order valence-corrected chi connectivity index (χ3v) is 5.29. The fraction of sp³-hybridized carbons (Fsp3) is 0.556. The SMILES string of the molecule is CCCC(Oc1ccc(Cl)c(C)c1Cl)C(=O)NC(C)(C#N)C1CC1. The Labute approximate surface area is 153 Å².